The van der Waals surface area contributed by atoms with E-state index in [1.165, 1.54) is 0 Å². The molecule has 2 aromatic rings. The number of aryl methyl sites for hydroxylation is 2. The molecule has 0 unspecified atom stereocenters. The molecule has 4 heteroatoms. The standard InChI is InChI=1S/C14H16N2O2/c1-8-4-6-11(15)10(3)13(8)16-14(17)12-7-5-9(2)18-12/h4-7H,15H2,1-3H3,(H,16,17). The maximum Gasteiger partial charge on any atom is 0.291 e. The number of nitrogens with two attached hydrogens (primary N) is 1. The lowest BCUT2D eigenvalue weighted by molar-refractivity contribution is 0.0995. The third kappa shape index (κ3) is 2.22. The highest BCUT2D eigenvalue weighted by atomic mass is 16.3. The molecule has 0 atom stereocenters. The van der Waals surface area contributed by atoms with E-state index < -0.39 is 0 Å². The lowest BCUT2D eigenvalue weighted by Gasteiger charge is -2.12. The van der Waals surface area contributed by atoms with Crippen molar-refractivity contribution in [1.82, 2.24) is 0 Å². The van der Waals surface area contributed by atoms with Crippen LogP contribution in [0.4, 0.5) is 11.4 Å². The van der Waals surface area contributed by atoms with Crippen LogP contribution in [0.15, 0.2) is 28.7 Å². The summed E-state index contributed by atoms with van der Waals surface area (Å²) < 4.78 is 5.28. The van der Waals surface area contributed by atoms with Gasteiger partial charge in [0.1, 0.15) is 5.76 Å². The van der Waals surface area contributed by atoms with Crippen LogP contribution >= 0.6 is 0 Å². The molecular weight excluding hydrogens is 228 g/mol. The number of anilines is 2. The Morgan fingerprint density at radius 2 is 1.89 bits per heavy atom. The lowest BCUT2D eigenvalue weighted by atomic mass is 10.1. The molecule has 1 aromatic heterocycles. The average Bonchev–Trinajstić information content (AvgIpc) is 2.76. The van der Waals surface area contributed by atoms with E-state index in [0.29, 0.717) is 17.2 Å². The van der Waals surface area contributed by atoms with E-state index >= 15 is 0 Å². The van der Waals surface area contributed by atoms with Crippen LogP contribution in [0, 0.1) is 20.8 Å². The van der Waals surface area contributed by atoms with Gasteiger partial charge >= 0.3 is 0 Å². The lowest BCUT2D eigenvalue weighted by Crippen LogP contribution is -2.13. The number of nitrogen functional groups attached to an aromatic ring is 1. The largest absolute Gasteiger partial charge is 0.456 e. The summed E-state index contributed by atoms with van der Waals surface area (Å²) >= 11 is 0. The zero-order chi connectivity index (χ0) is 13.3. The highest BCUT2D eigenvalue weighted by molar-refractivity contribution is 6.03. The zero-order valence-corrected chi connectivity index (χ0v) is 10.7. The van der Waals surface area contributed by atoms with Gasteiger partial charge in [0, 0.05) is 11.4 Å². The molecule has 0 saturated carbocycles. The van der Waals surface area contributed by atoms with Gasteiger partial charge in [0.05, 0.1) is 0 Å². The van der Waals surface area contributed by atoms with E-state index in [1.54, 1.807) is 19.1 Å². The minimum atomic E-state index is -0.264. The minimum absolute atomic E-state index is 0.264. The molecule has 0 saturated heterocycles. The Balaban J connectivity index is 2.30. The van der Waals surface area contributed by atoms with E-state index in [1.807, 2.05) is 26.0 Å². The molecule has 0 spiro atoms. The smallest absolute Gasteiger partial charge is 0.291 e. The minimum Gasteiger partial charge on any atom is -0.456 e. The molecule has 0 bridgehead atoms. The van der Waals surface area contributed by atoms with Gasteiger partial charge < -0.3 is 15.5 Å². The molecule has 0 aliphatic rings. The molecule has 94 valence electrons. The quantitative estimate of drug-likeness (QED) is 0.798. The molecule has 4 nitrogen and oxygen atoms in total. The SMILES string of the molecule is Cc1ccc(C(=O)Nc2c(C)ccc(N)c2C)o1. The molecule has 3 N–H and O–H groups in total. The molecule has 1 aromatic carbocycles. The highest BCUT2D eigenvalue weighted by Crippen LogP contribution is 2.25. The summed E-state index contributed by atoms with van der Waals surface area (Å²) in [5.41, 5.74) is 9.07. The third-order valence-electron chi connectivity index (χ3n) is 2.92. The summed E-state index contributed by atoms with van der Waals surface area (Å²) in [4.78, 5) is 12.0. The summed E-state index contributed by atoms with van der Waals surface area (Å²) in [5.74, 6) is 0.745. The van der Waals surface area contributed by atoms with Crippen molar-refractivity contribution in [2.45, 2.75) is 20.8 Å². The van der Waals surface area contributed by atoms with Gasteiger partial charge in [0.2, 0.25) is 0 Å². The Morgan fingerprint density at radius 1 is 1.17 bits per heavy atom. The van der Waals surface area contributed by atoms with Crippen LogP contribution in [0.3, 0.4) is 0 Å². The van der Waals surface area contributed by atoms with Crippen molar-refractivity contribution in [3.8, 4) is 0 Å². The first-order valence-corrected chi connectivity index (χ1v) is 5.72. The van der Waals surface area contributed by atoms with Gasteiger partial charge in [-0.25, -0.2) is 0 Å². The highest BCUT2D eigenvalue weighted by Gasteiger charge is 2.13. The Labute approximate surface area is 106 Å². The maximum absolute atomic E-state index is 12.0. The van der Waals surface area contributed by atoms with Crippen LogP contribution in [0.25, 0.3) is 0 Å². The topological polar surface area (TPSA) is 68.3 Å². The van der Waals surface area contributed by atoms with Crippen LogP contribution in [-0.4, -0.2) is 5.91 Å². The van der Waals surface area contributed by atoms with Gasteiger partial charge in [-0.1, -0.05) is 6.07 Å². The van der Waals surface area contributed by atoms with Crippen molar-refractivity contribution in [2.24, 2.45) is 0 Å². The second-order valence-corrected chi connectivity index (χ2v) is 4.34. The number of hydrogen-bond acceptors (Lipinski definition) is 3. The predicted octanol–water partition coefficient (Wildman–Crippen LogP) is 3.04. The first kappa shape index (κ1) is 12.2. The Kier molecular flexibility index (Phi) is 3.10. The van der Waals surface area contributed by atoms with Crippen LogP contribution in [-0.2, 0) is 0 Å². The number of benzene rings is 1. The van der Waals surface area contributed by atoms with Gasteiger partial charge in [0.15, 0.2) is 5.76 Å². The molecule has 1 amide bonds. The Bertz CT molecular complexity index is 600. The molecule has 0 aliphatic carbocycles. The summed E-state index contributed by atoms with van der Waals surface area (Å²) in [7, 11) is 0. The van der Waals surface area contributed by atoms with E-state index in [4.69, 9.17) is 10.2 Å². The predicted molar refractivity (Wildman–Crippen MR) is 71.7 cm³/mol. The summed E-state index contributed by atoms with van der Waals surface area (Å²) in [6.45, 7) is 5.61. The van der Waals surface area contributed by atoms with Crippen LogP contribution in [0.5, 0.6) is 0 Å². The molecule has 2 rings (SSSR count). The Hall–Kier alpha value is -2.23. The van der Waals surface area contributed by atoms with Gasteiger partial charge in [-0.15, -0.1) is 0 Å². The number of carbonyl (C=O) groups excluding carboxylic acids is 1. The monoisotopic (exact) mass is 244 g/mol. The van der Waals surface area contributed by atoms with Gasteiger partial charge in [-0.3, -0.25) is 4.79 Å². The maximum atomic E-state index is 12.0. The van der Waals surface area contributed by atoms with Crippen molar-refractivity contribution in [2.75, 3.05) is 11.1 Å². The molecule has 0 fully saturated rings. The van der Waals surface area contributed by atoms with Crippen LogP contribution in [0.2, 0.25) is 0 Å². The fraction of sp³-hybridized carbons (Fsp3) is 0.214. The second kappa shape index (κ2) is 4.56. The number of carbonyl (C=O) groups is 1. The first-order chi connectivity index (χ1) is 8.49. The molecule has 0 radical (unpaired) electrons. The van der Waals surface area contributed by atoms with E-state index in [0.717, 1.165) is 16.8 Å². The molecule has 0 aliphatic heterocycles. The third-order valence-corrected chi connectivity index (χ3v) is 2.92. The number of amides is 1. The van der Waals surface area contributed by atoms with Gasteiger partial charge in [-0.05, 0) is 50.1 Å². The van der Waals surface area contributed by atoms with Crippen molar-refractivity contribution in [1.29, 1.82) is 0 Å². The number of furan rings is 1. The van der Waals surface area contributed by atoms with E-state index in [-0.39, 0.29) is 5.91 Å². The number of hydrogen-bond donors (Lipinski definition) is 2. The van der Waals surface area contributed by atoms with Crippen molar-refractivity contribution >= 4 is 17.3 Å². The normalized spacial score (nSPS) is 10.4. The van der Waals surface area contributed by atoms with E-state index in [9.17, 15) is 4.79 Å². The molecule has 18 heavy (non-hydrogen) atoms. The fourth-order valence-electron chi connectivity index (χ4n) is 1.79. The first-order valence-electron chi connectivity index (χ1n) is 5.72. The second-order valence-electron chi connectivity index (χ2n) is 4.34. The number of rotatable bonds is 2. The van der Waals surface area contributed by atoms with Crippen LogP contribution < -0.4 is 11.1 Å². The number of nitrogens with one attached hydrogen (secondary N) is 1. The summed E-state index contributed by atoms with van der Waals surface area (Å²) in [6, 6.07) is 7.12. The molecular formula is C14H16N2O2. The fourth-order valence-corrected chi connectivity index (χ4v) is 1.79. The molecule has 1 heterocycles. The summed E-state index contributed by atoms with van der Waals surface area (Å²) in [5, 5.41) is 2.84. The summed E-state index contributed by atoms with van der Waals surface area (Å²) in [6.07, 6.45) is 0. The zero-order valence-electron chi connectivity index (χ0n) is 10.7. The van der Waals surface area contributed by atoms with E-state index in [2.05, 4.69) is 5.32 Å². The van der Waals surface area contributed by atoms with Crippen molar-refractivity contribution < 1.29 is 9.21 Å². The van der Waals surface area contributed by atoms with Crippen LogP contribution in [0.1, 0.15) is 27.4 Å². The Morgan fingerprint density at radius 3 is 2.50 bits per heavy atom. The van der Waals surface area contributed by atoms with Crippen molar-refractivity contribution in [3.63, 3.8) is 0 Å². The van der Waals surface area contributed by atoms with Gasteiger partial charge in [-0.2, -0.15) is 0 Å². The van der Waals surface area contributed by atoms with Crippen molar-refractivity contribution in [3.05, 3.63) is 46.9 Å². The van der Waals surface area contributed by atoms with Gasteiger partial charge in [0.25, 0.3) is 5.91 Å². The average molecular weight is 244 g/mol.